The maximum Gasteiger partial charge on any atom is 0.563 e. The van der Waals surface area contributed by atoms with Crippen LogP contribution in [0.15, 0.2) is 42.5 Å². The van der Waals surface area contributed by atoms with Crippen molar-refractivity contribution >= 4 is 12.6 Å². The van der Waals surface area contributed by atoms with E-state index in [0.29, 0.717) is 11.7 Å². The van der Waals surface area contributed by atoms with E-state index in [-0.39, 0.29) is 6.10 Å². The lowest BCUT2D eigenvalue weighted by atomic mass is 9.76. The number of rotatable bonds is 5. The summed E-state index contributed by atoms with van der Waals surface area (Å²) in [6.07, 6.45) is 0.808. The molecule has 5 heteroatoms. The monoisotopic (exact) mass is 326 g/mol. The lowest BCUT2D eigenvalue weighted by Crippen LogP contribution is -2.44. The molecule has 1 aliphatic rings. The molecule has 1 atom stereocenters. The molecule has 0 amide bonds. The molecule has 3 rings (SSSR count). The first-order valence-corrected chi connectivity index (χ1v) is 8.25. The number of methoxy groups -OCH3 is 2. The minimum absolute atomic E-state index is 0.0835. The van der Waals surface area contributed by atoms with Gasteiger partial charge in [0.1, 0.15) is 17.2 Å². The quantitative estimate of drug-likeness (QED) is 0.787. The van der Waals surface area contributed by atoms with Crippen molar-refractivity contribution in [2.24, 2.45) is 5.92 Å². The standard InChI is InChI=1S/C19H23BO4/c1-13(2)10-17-19-16(22-4)11-15(21-3)12-18(19)24-20(23-17)14-8-6-5-7-9-14/h5-9,11-13,17H,10H2,1-4H3. The van der Waals surface area contributed by atoms with Crippen LogP contribution in [0.25, 0.3) is 0 Å². The van der Waals surface area contributed by atoms with Crippen molar-refractivity contribution in [2.45, 2.75) is 26.4 Å². The molecule has 24 heavy (non-hydrogen) atoms. The highest BCUT2D eigenvalue weighted by molar-refractivity contribution is 6.62. The Bertz CT molecular complexity index is 687. The fourth-order valence-corrected chi connectivity index (χ4v) is 3.00. The Balaban J connectivity index is 2.04. The number of benzene rings is 2. The molecule has 0 radical (unpaired) electrons. The van der Waals surface area contributed by atoms with E-state index in [9.17, 15) is 0 Å². The molecule has 0 aromatic heterocycles. The molecule has 0 saturated carbocycles. The van der Waals surface area contributed by atoms with Gasteiger partial charge in [-0.3, -0.25) is 0 Å². The van der Waals surface area contributed by atoms with Crippen LogP contribution in [-0.4, -0.2) is 21.3 Å². The summed E-state index contributed by atoms with van der Waals surface area (Å²) in [5.41, 5.74) is 1.96. The van der Waals surface area contributed by atoms with Gasteiger partial charge in [0.25, 0.3) is 0 Å². The van der Waals surface area contributed by atoms with Gasteiger partial charge in [0.05, 0.1) is 25.9 Å². The smallest absolute Gasteiger partial charge is 0.532 e. The topological polar surface area (TPSA) is 36.9 Å². The van der Waals surface area contributed by atoms with Crippen LogP contribution >= 0.6 is 0 Å². The van der Waals surface area contributed by atoms with Crippen LogP contribution in [0.4, 0.5) is 0 Å². The van der Waals surface area contributed by atoms with Gasteiger partial charge >= 0.3 is 7.12 Å². The Morgan fingerprint density at radius 2 is 1.83 bits per heavy atom. The molecular weight excluding hydrogens is 303 g/mol. The van der Waals surface area contributed by atoms with Crippen LogP contribution in [0.1, 0.15) is 31.9 Å². The van der Waals surface area contributed by atoms with Gasteiger partial charge in [0, 0.05) is 12.1 Å². The highest BCUT2D eigenvalue weighted by Crippen LogP contribution is 2.45. The maximum absolute atomic E-state index is 6.28. The molecule has 0 saturated heterocycles. The second-order valence-corrected chi connectivity index (χ2v) is 6.36. The van der Waals surface area contributed by atoms with Crippen LogP contribution < -0.4 is 19.6 Å². The van der Waals surface area contributed by atoms with Crippen LogP contribution in [-0.2, 0) is 4.65 Å². The third-order valence-electron chi connectivity index (χ3n) is 4.13. The zero-order valence-corrected chi connectivity index (χ0v) is 14.6. The third-order valence-corrected chi connectivity index (χ3v) is 4.13. The Morgan fingerprint density at radius 1 is 1.08 bits per heavy atom. The van der Waals surface area contributed by atoms with Crippen molar-refractivity contribution in [3.63, 3.8) is 0 Å². The number of hydrogen-bond acceptors (Lipinski definition) is 4. The van der Waals surface area contributed by atoms with Crippen molar-refractivity contribution in [3.8, 4) is 17.2 Å². The Kier molecular flexibility index (Phi) is 5.00. The first kappa shape index (κ1) is 16.7. The number of fused-ring (bicyclic) bond motifs is 1. The van der Waals surface area contributed by atoms with Gasteiger partial charge in [0.15, 0.2) is 0 Å². The van der Waals surface area contributed by atoms with E-state index in [0.717, 1.165) is 28.9 Å². The Hall–Kier alpha value is -2.14. The molecule has 126 valence electrons. The zero-order valence-electron chi connectivity index (χ0n) is 14.6. The lowest BCUT2D eigenvalue weighted by Gasteiger charge is -2.33. The second-order valence-electron chi connectivity index (χ2n) is 6.36. The first-order valence-electron chi connectivity index (χ1n) is 8.25. The highest BCUT2D eigenvalue weighted by Gasteiger charge is 2.37. The van der Waals surface area contributed by atoms with Crippen LogP contribution in [0.3, 0.4) is 0 Å². The first-order chi connectivity index (χ1) is 11.6. The summed E-state index contributed by atoms with van der Waals surface area (Å²) in [6, 6.07) is 13.8. The van der Waals surface area contributed by atoms with Gasteiger partial charge in [-0.2, -0.15) is 0 Å². The number of ether oxygens (including phenoxy) is 2. The molecule has 0 aliphatic carbocycles. The Labute approximate surface area is 143 Å². The normalized spacial score (nSPS) is 16.5. The summed E-state index contributed by atoms with van der Waals surface area (Å²) in [7, 11) is 2.87. The van der Waals surface area contributed by atoms with Crippen LogP contribution in [0.5, 0.6) is 17.2 Å². The molecule has 1 aliphatic heterocycles. The van der Waals surface area contributed by atoms with Crippen molar-refractivity contribution in [3.05, 3.63) is 48.0 Å². The summed E-state index contributed by atoms with van der Waals surface area (Å²) >= 11 is 0. The van der Waals surface area contributed by atoms with Gasteiger partial charge in [-0.25, -0.2) is 0 Å². The van der Waals surface area contributed by atoms with Crippen LogP contribution in [0, 0.1) is 5.92 Å². The average Bonchev–Trinajstić information content (AvgIpc) is 2.60. The van der Waals surface area contributed by atoms with Crippen molar-refractivity contribution < 1.29 is 18.8 Å². The molecular formula is C19H23BO4. The van der Waals surface area contributed by atoms with E-state index < -0.39 is 7.12 Å². The third kappa shape index (κ3) is 3.36. The molecule has 0 N–H and O–H groups in total. The predicted molar refractivity (Wildman–Crippen MR) is 95.3 cm³/mol. The summed E-state index contributed by atoms with van der Waals surface area (Å²) in [5, 5.41) is 0. The van der Waals surface area contributed by atoms with E-state index in [1.54, 1.807) is 14.2 Å². The molecule has 0 bridgehead atoms. The van der Waals surface area contributed by atoms with Crippen molar-refractivity contribution in [2.75, 3.05) is 14.2 Å². The summed E-state index contributed by atoms with van der Waals surface area (Å²) in [5.74, 6) is 2.70. The van der Waals surface area contributed by atoms with Gasteiger partial charge in [-0.1, -0.05) is 44.2 Å². The van der Waals surface area contributed by atoms with Crippen molar-refractivity contribution in [1.29, 1.82) is 0 Å². The van der Waals surface area contributed by atoms with Crippen LogP contribution in [0.2, 0.25) is 0 Å². The lowest BCUT2D eigenvalue weighted by molar-refractivity contribution is 0.131. The van der Waals surface area contributed by atoms with E-state index in [1.165, 1.54) is 0 Å². The summed E-state index contributed by atoms with van der Waals surface area (Å²) in [4.78, 5) is 0. The van der Waals surface area contributed by atoms with E-state index in [4.69, 9.17) is 18.8 Å². The molecule has 1 unspecified atom stereocenters. The fraction of sp³-hybridized carbons (Fsp3) is 0.368. The second kappa shape index (κ2) is 7.18. The van der Waals surface area contributed by atoms with Crippen molar-refractivity contribution in [1.82, 2.24) is 0 Å². The zero-order chi connectivity index (χ0) is 17.1. The van der Waals surface area contributed by atoms with E-state index in [2.05, 4.69) is 13.8 Å². The minimum Gasteiger partial charge on any atom is -0.532 e. The average molecular weight is 326 g/mol. The highest BCUT2D eigenvalue weighted by atomic mass is 16.6. The fourth-order valence-electron chi connectivity index (χ4n) is 3.00. The molecule has 2 aromatic carbocycles. The largest absolute Gasteiger partial charge is 0.563 e. The van der Waals surface area contributed by atoms with Gasteiger partial charge in [-0.05, 0) is 17.8 Å². The molecule has 2 aromatic rings. The SMILES string of the molecule is COc1cc(OC)c2c(c1)OB(c1ccccc1)OC2CC(C)C. The molecule has 1 heterocycles. The molecule has 0 spiro atoms. The summed E-state index contributed by atoms with van der Waals surface area (Å²) < 4.78 is 23.4. The molecule has 0 fully saturated rings. The van der Waals surface area contributed by atoms with Gasteiger partial charge < -0.3 is 18.8 Å². The van der Waals surface area contributed by atoms with E-state index in [1.807, 2.05) is 42.5 Å². The Morgan fingerprint density at radius 3 is 2.46 bits per heavy atom. The van der Waals surface area contributed by atoms with E-state index >= 15 is 0 Å². The predicted octanol–water partition coefficient (Wildman–Crippen LogP) is 3.60. The molecule has 4 nitrogen and oxygen atoms in total. The number of hydrogen-bond donors (Lipinski definition) is 0. The summed E-state index contributed by atoms with van der Waals surface area (Å²) in [6.45, 7) is 4.37. The van der Waals surface area contributed by atoms with Gasteiger partial charge in [-0.15, -0.1) is 0 Å². The maximum atomic E-state index is 6.28. The van der Waals surface area contributed by atoms with Gasteiger partial charge in [0.2, 0.25) is 0 Å². The minimum atomic E-state index is -0.431.